The van der Waals surface area contributed by atoms with Crippen LogP contribution in [0.1, 0.15) is 12.1 Å². The summed E-state index contributed by atoms with van der Waals surface area (Å²) >= 11 is 1.58. The van der Waals surface area contributed by atoms with Crippen molar-refractivity contribution in [2.45, 2.75) is 18.9 Å². The molecule has 1 aromatic rings. The van der Waals surface area contributed by atoms with Gasteiger partial charge in [0.15, 0.2) is 5.13 Å². The molecular formula is C9H14N2O2S. The van der Waals surface area contributed by atoms with Crippen LogP contribution in [0.5, 0.6) is 0 Å². The lowest BCUT2D eigenvalue weighted by Crippen LogP contribution is -2.36. The topological polar surface area (TPSA) is 56.6 Å². The van der Waals surface area contributed by atoms with E-state index < -0.39 is 5.60 Å². The molecule has 1 atom stereocenters. The third kappa shape index (κ3) is 1.75. The summed E-state index contributed by atoms with van der Waals surface area (Å²) in [5.74, 6) is 0. The fourth-order valence-corrected chi connectivity index (χ4v) is 2.47. The van der Waals surface area contributed by atoms with Gasteiger partial charge in [0.2, 0.25) is 0 Å². The molecule has 1 aliphatic rings. The number of hydrogen-bond acceptors (Lipinski definition) is 5. The molecule has 1 saturated heterocycles. The van der Waals surface area contributed by atoms with E-state index in [1.165, 1.54) is 0 Å². The molecule has 0 radical (unpaired) electrons. The minimum atomic E-state index is -0.931. The number of rotatable bonds is 2. The van der Waals surface area contributed by atoms with Crippen LogP contribution in [-0.4, -0.2) is 40.5 Å². The molecule has 2 N–H and O–H groups in total. The number of aromatic nitrogens is 1. The van der Waals surface area contributed by atoms with Gasteiger partial charge in [0.1, 0.15) is 5.60 Å². The third-order valence-electron chi connectivity index (χ3n) is 2.50. The standard InChI is InChI=1S/C9H14N2O2S/c1-7-4-14-8(10-7)11-3-2-9(13,5-11)6-12/h4,12-13H,2-3,5-6H2,1H3. The van der Waals surface area contributed by atoms with Gasteiger partial charge in [-0.25, -0.2) is 4.98 Å². The Morgan fingerprint density at radius 1 is 1.71 bits per heavy atom. The molecule has 78 valence electrons. The Morgan fingerprint density at radius 3 is 3.00 bits per heavy atom. The number of aryl methyl sites for hydroxylation is 1. The first-order valence-corrected chi connectivity index (χ1v) is 5.51. The van der Waals surface area contributed by atoms with Crippen LogP contribution in [0.25, 0.3) is 0 Å². The van der Waals surface area contributed by atoms with E-state index in [0.29, 0.717) is 13.0 Å². The van der Waals surface area contributed by atoms with E-state index in [4.69, 9.17) is 5.11 Å². The highest BCUT2D eigenvalue weighted by Crippen LogP contribution is 2.28. The first kappa shape index (κ1) is 9.89. The van der Waals surface area contributed by atoms with Crippen LogP contribution in [0.4, 0.5) is 5.13 Å². The molecule has 2 heterocycles. The molecule has 0 aliphatic carbocycles. The summed E-state index contributed by atoms with van der Waals surface area (Å²) in [6.07, 6.45) is 0.613. The third-order valence-corrected chi connectivity index (χ3v) is 3.52. The highest BCUT2D eigenvalue weighted by Gasteiger charge is 2.36. The van der Waals surface area contributed by atoms with E-state index in [2.05, 4.69) is 4.98 Å². The van der Waals surface area contributed by atoms with Crippen molar-refractivity contribution in [2.75, 3.05) is 24.6 Å². The highest BCUT2D eigenvalue weighted by molar-refractivity contribution is 7.13. The molecule has 0 amide bonds. The fourth-order valence-electron chi connectivity index (χ4n) is 1.64. The number of β-amino-alcohol motifs (C(OH)–C–C–N with tert-alkyl or cyclic N) is 1. The van der Waals surface area contributed by atoms with Crippen molar-refractivity contribution in [1.82, 2.24) is 4.98 Å². The Balaban J connectivity index is 2.09. The van der Waals surface area contributed by atoms with Crippen LogP contribution >= 0.6 is 11.3 Å². The van der Waals surface area contributed by atoms with Gasteiger partial charge < -0.3 is 15.1 Å². The molecule has 14 heavy (non-hydrogen) atoms. The Labute approximate surface area is 86.8 Å². The lowest BCUT2D eigenvalue weighted by molar-refractivity contribution is 0.00476. The maximum Gasteiger partial charge on any atom is 0.185 e. The summed E-state index contributed by atoms with van der Waals surface area (Å²) in [6, 6.07) is 0. The summed E-state index contributed by atoms with van der Waals surface area (Å²) < 4.78 is 0. The predicted molar refractivity (Wildman–Crippen MR) is 55.7 cm³/mol. The Hall–Kier alpha value is -0.650. The summed E-state index contributed by atoms with van der Waals surface area (Å²) in [4.78, 5) is 6.37. The lowest BCUT2D eigenvalue weighted by atomic mass is 10.1. The summed E-state index contributed by atoms with van der Waals surface area (Å²) in [5, 5.41) is 21.8. The fraction of sp³-hybridized carbons (Fsp3) is 0.667. The molecular weight excluding hydrogens is 200 g/mol. The molecule has 1 unspecified atom stereocenters. The lowest BCUT2D eigenvalue weighted by Gasteiger charge is -2.20. The van der Waals surface area contributed by atoms with E-state index in [-0.39, 0.29) is 6.61 Å². The van der Waals surface area contributed by atoms with Crippen molar-refractivity contribution in [3.8, 4) is 0 Å². The molecule has 0 spiro atoms. The summed E-state index contributed by atoms with van der Waals surface area (Å²) in [6.45, 7) is 3.03. The normalized spacial score (nSPS) is 27.2. The summed E-state index contributed by atoms with van der Waals surface area (Å²) in [5.41, 5.74) is 0.0731. The minimum Gasteiger partial charge on any atom is -0.393 e. The first-order valence-electron chi connectivity index (χ1n) is 4.63. The maximum atomic E-state index is 9.82. The molecule has 1 aromatic heterocycles. The molecule has 5 heteroatoms. The predicted octanol–water partition coefficient (Wildman–Crippen LogP) is 0.385. The highest BCUT2D eigenvalue weighted by atomic mass is 32.1. The van der Waals surface area contributed by atoms with E-state index in [1.54, 1.807) is 11.3 Å². The van der Waals surface area contributed by atoms with Crippen molar-refractivity contribution in [2.24, 2.45) is 0 Å². The number of thiazole rings is 1. The van der Waals surface area contributed by atoms with Gasteiger partial charge in [0.25, 0.3) is 0 Å². The Morgan fingerprint density at radius 2 is 2.50 bits per heavy atom. The van der Waals surface area contributed by atoms with E-state index >= 15 is 0 Å². The Kier molecular flexibility index (Phi) is 2.47. The minimum absolute atomic E-state index is 0.173. The SMILES string of the molecule is Cc1csc(N2CCC(O)(CO)C2)n1. The smallest absolute Gasteiger partial charge is 0.185 e. The van der Waals surface area contributed by atoms with Gasteiger partial charge in [-0.05, 0) is 13.3 Å². The zero-order valence-corrected chi connectivity index (χ0v) is 8.92. The number of aliphatic hydroxyl groups is 2. The first-order chi connectivity index (χ1) is 6.63. The second-order valence-electron chi connectivity index (χ2n) is 3.83. The van der Waals surface area contributed by atoms with Crippen molar-refractivity contribution in [3.63, 3.8) is 0 Å². The molecule has 1 fully saturated rings. The number of aliphatic hydroxyl groups excluding tert-OH is 1. The molecule has 0 bridgehead atoms. The van der Waals surface area contributed by atoms with Crippen molar-refractivity contribution < 1.29 is 10.2 Å². The molecule has 0 aromatic carbocycles. The largest absolute Gasteiger partial charge is 0.393 e. The van der Waals surface area contributed by atoms with Gasteiger partial charge in [-0.15, -0.1) is 11.3 Å². The number of anilines is 1. The van der Waals surface area contributed by atoms with Crippen LogP contribution in [0.3, 0.4) is 0 Å². The molecule has 4 nitrogen and oxygen atoms in total. The number of hydrogen-bond donors (Lipinski definition) is 2. The van der Waals surface area contributed by atoms with Crippen molar-refractivity contribution >= 4 is 16.5 Å². The van der Waals surface area contributed by atoms with Gasteiger partial charge in [-0.2, -0.15) is 0 Å². The van der Waals surface area contributed by atoms with Crippen LogP contribution in [0.15, 0.2) is 5.38 Å². The van der Waals surface area contributed by atoms with E-state index in [1.807, 2.05) is 17.2 Å². The Bertz CT molecular complexity index is 328. The second kappa shape index (κ2) is 3.49. The molecule has 0 saturated carbocycles. The molecule has 1 aliphatic heterocycles. The summed E-state index contributed by atoms with van der Waals surface area (Å²) in [7, 11) is 0. The van der Waals surface area contributed by atoms with Gasteiger partial charge in [-0.1, -0.05) is 0 Å². The van der Waals surface area contributed by atoms with Crippen molar-refractivity contribution in [3.05, 3.63) is 11.1 Å². The monoisotopic (exact) mass is 214 g/mol. The van der Waals surface area contributed by atoms with Crippen molar-refractivity contribution in [1.29, 1.82) is 0 Å². The number of nitrogens with zero attached hydrogens (tertiary/aromatic N) is 2. The average molecular weight is 214 g/mol. The van der Waals surface area contributed by atoms with Crippen LogP contribution in [0, 0.1) is 6.92 Å². The van der Waals surface area contributed by atoms with Crippen LogP contribution in [-0.2, 0) is 0 Å². The van der Waals surface area contributed by atoms with E-state index in [0.717, 1.165) is 17.4 Å². The van der Waals surface area contributed by atoms with Crippen LogP contribution in [0.2, 0.25) is 0 Å². The van der Waals surface area contributed by atoms with Gasteiger partial charge >= 0.3 is 0 Å². The van der Waals surface area contributed by atoms with Crippen LogP contribution < -0.4 is 4.90 Å². The van der Waals surface area contributed by atoms with Gasteiger partial charge in [0.05, 0.1) is 18.8 Å². The van der Waals surface area contributed by atoms with Gasteiger partial charge in [-0.3, -0.25) is 0 Å². The van der Waals surface area contributed by atoms with E-state index in [9.17, 15) is 5.11 Å². The molecule has 2 rings (SSSR count). The maximum absolute atomic E-state index is 9.82. The second-order valence-corrected chi connectivity index (χ2v) is 4.66. The quantitative estimate of drug-likeness (QED) is 0.747. The zero-order valence-electron chi connectivity index (χ0n) is 8.10. The van der Waals surface area contributed by atoms with Gasteiger partial charge in [0, 0.05) is 11.9 Å². The zero-order chi connectivity index (χ0) is 10.2. The average Bonchev–Trinajstić information content (AvgIpc) is 2.73.